The van der Waals surface area contributed by atoms with Crippen LogP contribution in [-0.2, 0) is 0 Å². The topological polar surface area (TPSA) is 18.4 Å². The molecule has 3 heterocycles. The maximum absolute atomic E-state index is 4.68. The monoisotopic (exact) mass is 315 g/mol. The maximum atomic E-state index is 4.68. The Bertz CT molecular complexity index is 705. The number of fused-ring (bicyclic) bond motifs is 1. The Hall–Kier alpha value is -1.55. The summed E-state index contributed by atoms with van der Waals surface area (Å²) in [5.41, 5.74) is 6.56. The SMILES string of the molecule is Cc1ccc([N+]2=NCC3=C2C2=[N+](C3)C(Br)=CC2)cc1. The second kappa shape index (κ2) is 3.97. The number of hydrogen-bond acceptors (Lipinski definition) is 1. The van der Waals surface area contributed by atoms with Gasteiger partial charge >= 0.3 is 5.70 Å². The third kappa shape index (κ3) is 1.59. The minimum absolute atomic E-state index is 0.823. The van der Waals surface area contributed by atoms with Crippen molar-refractivity contribution in [2.75, 3.05) is 13.1 Å². The van der Waals surface area contributed by atoms with E-state index in [9.17, 15) is 0 Å². The largest absolute Gasteiger partial charge is 0.312 e. The van der Waals surface area contributed by atoms with Gasteiger partial charge in [0.1, 0.15) is 12.1 Å². The molecule has 0 saturated carbocycles. The molecule has 0 saturated heterocycles. The van der Waals surface area contributed by atoms with Crippen LogP contribution in [0.2, 0.25) is 0 Å². The highest BCUT2D eigenvalue weighted by Gasteiger charge is 2.48. The molecule has 0 amide bonds. The van der Waals surface area contributed by atoms with E-state index in [0.29, 0.717) is 0 Å². The summed E-state index contributed by atoms with van der Waals surface area (Å²) in [6.07, 6.45) is 3.22. The van der Waals surface area contributed by atoms with E-state index in [0.717, 1.165) is 25.2 Å². The van der Waals surface area contributed by atoms with Crippen LogP contribution < -0.4 is 0 Å². The summed E-state index contributed by atoms with van der Waals surface area (Å²) in [6.45, 7) is 3.91. The van der Waals surface area contributed by atoms with E-state index >= 15 is 0 Å². The number of azo groups is 2. The lowest BCUT2D eigenvalue weighted by atomic mass is 10.1. The average Bonchev–Trinajstić information content (AvgIpc) is 3.04. The van der Waals surface area contributed by atoms with Crippen LogP contribution in [0, 0.1) is 6.92 Å². The highest BCUT2D eigenvalue weighted by Crippen LogP contribution is 2.35. The van der Waals surface area contributed by atoms with Gasteiger partial charge in [0, 0.05) is 34.1 Å². The van der Waals surface area contributed by atoms with Crippen molar-refractivity contribution in [3.63, 3.8) is 0 Å². The smallest absolute Gasteiger partial charge is 0.180 e. The molecule has 4 rings (SSSR count). The van der Waals surface area contributed by atoms with Crippen LogP contribution in [0.4, 0.5) is 5.69 Å². The molecule has 94 valence electrons. The van der Waals surface area contributed by atoms with Gasteiger partial charge in [-0.1, -0.05) is 17.7 Å². The van der Waals surface area contributed by atoms with Gasteiger partial charge in [-0.3, -0.25) is 0 Å². The molecule has 3 aliphatic heterocycles. The summed E-state index contributed by atoms with van der Waals surface area (Å²) in [5, 5.41) is 4.68. The van der Waals surface area contributed by atoms with Crippen molar-refractivity contribution in [3.8, 4) is 0 Å². The number of rotatable bonds is 1. The molecule has 0 unspecified atom stereocenters. The van der Waals surface area contributed by atoms with E-state index in [1.807, 2.05) is 0 Å². The van der Waals surface area contributed by atoms with Crippen molar-refractivity contribution < 1.29 is 9.27 Å². The van der Waals surface area contributed by atoms with E-state index in [4.69, 9.17) is 0 Å². The zero-order chi connectivity index (χ0) is 13.0. The van der Waals surface area contributed by atoms with E-state index in [2.05, 4.69) is 67.6 Å². The Morgan fingerprint density at radius 3 is 2.79 bits per heavy atom. The van der Waals surface area contributed by atoms with E-state index < -0.39 is 0 Å². The summed E-state index contributed by atoms with van der Waals surface area (Å²) in [4.78, 5) is 0. The van der Waals surface area contributed by atoms with Crippen LogP contribution >= 0.6 is 15.9 Å². The second-order valence-electron chi connectivity index (χ2n) is 5.16. The van der Waals surface area contributed by atoms with Gasteiger partial charge in [-0.05, 0) is 16.7 Å². The number of halogens is 1. The van der Waals surface area contributed by atoms with Gasteiger partial charge in [0.15, 0.2) is 6.54 Å². The number of nitrogens with zero attached hydrogens (tertiary/aromatic N) is 3. The molecule has 1 aromatic rings. The van der Waals surface area contributed by atoms with Crippen molar-refractivity contribution >= 4 is 27.3 Å². The highest BCUT2D eigenvalue weighted by atomic mass is 79.9. The van der Waals surface area contributed by atoms with Crippen molar-refractivity contribution in [1.29, 1.82) is 0 Å². The molecule has 3 nitrogen and oxygen atoms in total. The van der Waals surface area contributed by atoms with Gasteiger partial charge in [-0.15, -0.1) is 0 Å². The first-order chi connectivity index (χ1) is 9.24. The highest BCUT2D eigenvalue weighted by molar-refractivity contribution is 9.11. The minimum atomic E-state index is 0.823. The second-order valence-corrected chi connectivity index (χ2v) is 5.98. The molecule has 0 aliphatic carbocycles. The first-order valence-electron chi connectivity index (χ1n) is 6.49. The Morgan fingerprint density at radius 2 is 2.00 bits per heavy atom. The minimum Gasteiger partial charge on any atom is -0.180 e. The predicted octanol–water partition coefficient (Wildman–Crippen LogP) is 3.47. The van der Waals surface area contributed by atoms with E-state index in [1.165, 1.54) is 27.2 Å². The molecule has 19 heavy (non-hydrogen) atoms. The van der Waals surface area contributed by atoms with Gasteiger partial charge in [0.2, 0.25) is 10.3 Å². The molecule has 0 spiro atoms. The molecule has 0 aromatic heterocycles. The van der Waals surface area contributed by atoms with Crippen molar-refractivity contribution in [3.05, 3.63) is 51.8 Å². The lowest BCUT2D eigenvalue weighted by molar-refractivity contribution is -0.467. The van der Waals surface area contributed by atoms with Gasteiger partial charge in [-0.2, -0.15) is 4.58 Å². The Morgan fingerprint density at radius 1 is 1.21 bits per heavy atom. The van der Waals surface area contributed by atoms with Crippen molar-refractivity contribution in [2.45, 2.75) is 13.3 Å². The average molecular weight is 316 g/mol. The van der Waals surface area contributed by atoms with Crippen LogP contribution in [0.25, 0.3) is 0 Å². The van der Waals surface area contributed by atoms with Crippen LogP contribution in [0.1, 0.15) is 12.0 Å². The Labute approximate surface area is 120 Å². The van der Waals surface area contributed by atoms with Crippen LogP contribution in [0.5, 0.6) is 0 Å². The molecule has 0 radical (unpaired) electrons. The number of hydrogen-bond donors (Lipinski definition) is 0. The third-order valence-electron chi connectivity index (χ3n) is 3.90. The van der Waals surface area contributed by atoms with Gasteiger partial charge in [-0.25, -0.2) is 0 Å². The standard InChI is InChI=1S/C15H14BrN3/c1-10-2-4-12(5-3-10)19-15-11(8-17-19)9-18-13(15)6-7-14(18)16/h2-5,7H,6,8-9H2,1H3/q+2. The first kappa shape index (κ1) is 11.3. The summed E-state index contributed by atoms with van der Waals surface area (Å²) in [7, 11) is 0. The molecule has 4 heteroatoms. The quantitative estimate of drug-likeness (QED) is 0.558. The fourth-order valence-corrected chi connectivity index (χ4v) is 3.42. The first-order valence-corrected chi connectivity index (χ1v) is 7.29. The molecule has 3 aliphatic rings. The normalized spacial score (nSPS) is 20.7. The Balaban J connectivity index is 1.77. The third-order valence-corrected chi connectivity index (χ3v) is 4.65. The molecule has 0 bridgehead atoms. The molecule has 0 N–H and O–H groups in total. The maximum Gasteiger partial charge on any atom is 0.312 e. The zero-order valence-corrected chi connectivity index (χ0v) is 12.3. The van der Waals surface area contributed by atoms with Crippen LogP contribution in [0.15, 0.2) is 51.3 Å². The van der Waals surface area contributed by atoms with Gasteiger partial charge < -0.3 is 0 Å². The van der Waals surface area contributed by atoms with Crippen molar-refractivity contribution in [2.24, 2.45) is 5.11 Å². The predicted molar refractivity (Wildman–Crippen MR) is 77.2 cm³/mol. The number of benzene rings is 1. The summed E-state index contributed by atoms with van der Waals surface area (Å²) in [5.74, 6) is 0. The van der Waals surface area contributed by atoms with E-state index in [1.54, 1.807) is 0 Å². The zero-order valence-electron chi connectivity index (χ0n) is 10.7. The summed E-state index contributed by atoms with van der Waals surface area (Å²) in [6, 6.07) is 8.58. The summed E-state index contributed by atoms with van der Waals surface area (Å²) < 4.78 is 5.66. The lowest BCUT2D eigenvalue weighted by Crippen LogP contribution is -2.14. The van der Waals surface area contributed by atoms with Gasteiger partial charge in [0.25, 0.3) is 5.71 Å². The Kier molecular flexibility index (Phi) is 2.36. The van der Waals surface area contributed by atoms with Gasteiger partial charge in [0.05, 0.1) is 6.42 Å². The van der Waals surface area contributed by atoms with Crippen LogP contribution in [-0.4, -0.2) is 28.1 Å². The van der Waals surface area contributed by atoms with Crippen molar-refractivity contribution in [1.82, 2.24) is 0 Å². The van der Waals surface area contributed by atoms with E-state index in [-0.39, 0.29) is 0 Å². The molecule has 0 fully saturated rings. The van der Waals surface area contributed by atoms with Crippen LogP contribution in [0.3, 0.4) is 0 Å². The molecule has 1 aromatic carbocycles. The summed E-state index contributed by atoms with van der Waals surface area (Å²) >= 11 is 3.63. The number of aryl methyl sites for hydroxylation is 1. The fraction of sp³-hybridized carbons (Fsp3) is 0.267. The molecular formula is C15H14BrN3+2. The number of allylic oxidation sites excluding steroid dienone is 2. The lowest BCUT2D eigenvalue weighted by Gasteiger charge is -1.97. The molecule has 0 atom stereocenters. The molecular weight excluding hydrogens is 302 g/mol. The fourth-order valence-electron chi connectivity index (χ4n) is 2.92.